The van der Waals surface area contributed by atoms with E-state index in [0.29, 0.717) is 12.1 Å². The molecule has 0 aromatic heterocycles. The van der Waals surface area contributed by atoms with Crippen molar-refractivity contribution in [1.82, 2.24) is 0 Å². The van der Waals surface area contributed by atoms with Gasteiger partial charge in [-0.25, -0.2) is 9.18 Å². The van der Waals surface area contributed by atoms with Gasteiger partial charge in [0.2, 0.25) is 0 Å². The van der Waals surface area contributed by atoms with Crippen molar-refractivity contribution in [2.75, 3.05) is 5.32 Å². The number of benzene rings is 2. The maximum atomic E-state index is 13.0. The molecule has 22 heavy (non-hydrogen) atoms. The fourth-order valence-corrected chi connectivity index (χ4v) is 2.03. The summed E-state index contributed by atoms with van der Waals surface area (Å²) in [6, 6.07) is 13.8. The van der Waals surface area contributed by atoms with Crippen LogP contribution in [0.1, 0.15) is 31.9 Å². The smallest absolute Gasteiger partial charge is 0.412 e. The molecule has 116 valence electrons. The van der Waals surface area contributed by atoms with Gasteiger partial charge in [0.25, 0.3) is 0 Å². The Kier molecular flexibility index (Phi) is 4.81. The molecule has 0 aliphatic rings. The lowest BCUT2D eigenvalue weighted by molar-refractivity contribution is 0.0636. The molecule has 1 N–H and O–H groups in total. The van der Waals surface area contributed by atoms with Gasteiger partial charge in [-0.2, -0.15) is 0 Å². The molecular weight excluding hydrogens is 281 g/mol. The molecule has 0 unspecified atom stereocenters. The Hall–Kier alpha value is -2.36. The van der Waals surface area contributed by atoms with Crippen LogP contribution in [-0.2, 0) is 11.2 Å². The van der Waals surface area contributed by atoms with E-state index in [1.165, 1.54) is 12.1 Å². The first-order valence-electron chi connectivity index (χ1n) is 7.16. The number of hydrogen-bond donors (Lipinski definition) is 1. The van der Waals surface area contributed by atoms with Gasteiger partial charge in [-0.3, -0.25) is 5.32 Å². The molecule has 0 heterocycles. The van der Waals surface area contributed by atoms with Crippen molar-refractivity contribution in [2.45, 2.75) is 32.8 Å². The van der Waals surface area contributed by atoms with Crippen molar-refractivity contribution in [2.24, 2.45) is 0 Å². The molecule has 0 fully saturated rings. The molecule has 4 heteroatoms. The number of carbonyl (C=O) groups is 1. The highest BCUT2D eigenvalue weighted by molar-refractivity contribution is 5.86. The second kappa shape index (κ2) is 6.60. The number of carbonyl (C=O) groups excluding carboxylic acids is 1. The molecule has 0 aliphatic carbocycles. The second-order valence-corrected chi connectivity index (χ2v) is 6.09. The summed E-state index contributed by atoms with van der Waals surface area (Å²) < 4.78 is 18.2. The van der Waals surface area contributed by atoms with Crippen molar-refractivity contribution in [1.29, 1.82) is 0 Å². The largest absolute Gasteiger partial charge is 0.444 e. The zero-order valence-electron chi connectivity index (χ0n) is 13.0. The van der Waals surface area contributed by atoms with E-state index in [9.17, 15) is 9.18 Å². The van der Waals surface area contributed by atoms with Crippen LogP contribution in [0.4, 0.5) is 14.9 Å². The number of amides is 1. The van der Waals surface area contributed by atoms with Gasteiger partial charge in [0.15, 0.2) is 0 Å². The van der Waals surface area contributed by atoms with Gasteiger partial charge in [-0.05, 0) is 56.5 Å². The van der Waals surface area contributed by atoms with Gasteiger partial charge < -0.3 is 4.74 Å². The molecule has 0 aliphatic heterocycles. The van der Waals surface area contributed by atoms with Gasteiger partial charge in [-0.15, -0.1) is 0 Å². The van der Waals surface area contributed by atoms with Crippen LogP contribution < -0.4 is 5.32 Å². The highest BCUT2D eigenvalue weighted by atomic mass is 19.1. The normalized spacial score (nSPS) is 11.1. The van der Waals surface area contributed by atoms with E-state index >= 15 is 0 Å². The lowest BCUT2D eigenvalue weighted by atomic mass is 10.0. The monoisotopic (exact) mass is 301 g/mol. The number of ether oxygens (including phenoxy) is 1. The van der Waals surface area contributed by atoms with E-state index in [-0.39, 0.29) is 5.82 Å². The fraction of sp³-hybridized carbons (Fsp3) is 0.278. The third-order valence-electron chi connectivity index (χ3n) is 2.96. The fourth-order valence-electron chi connectivity index (χ4n) is 2.03. The molecule has 2 aromatic carbocycles. The summed E-state index contributed by atoms with van der Waals surface area (Å²) in [7, 11) is 0. The van der Waals surface area contributed by atoms with Gasteiger partial charge in [0.1, 0.15) is 11.4 Å². The van der Waals surface area contributed by atoms with E-state index < -0.39 is 11.7 Å². The molecule has 1 amide bonds. The molecule has 0 saturated heterocycles. The quantitative estimate of drug-likeness (QED) is 0.887. The number of nitrogens with one attached hydrogen (secondary N) is 1. The molecule has 0 spiro atoms. The van der Waals surface area contributed by atoms with Crippen LogP contribution in [0.2, 0.25) is 0 Å². The molecule has 0 bridgehead atoms. The van der Waals surface area contributed by atoms with Crippen LogP contribution >= 0.6 is 0 Å². The summed E-state index contributed by atoms with van der Waals surface area (Å²) in [5, 5.41) is 2.76. The van der Waals surface area contributed by atoms with Crippen molar-refractivity contribution in [3.8, 4) is 0 Å². The molecule has 2 aromatic rings. The molecule has 0 saturated carbocycles. The van der Waals surface area contributed by atoms with E-state index in [4.69, 9.17) is 4.74 Å². The summed E-state index contributed by atoms with van der Waals surface area (Å²) in [5.41, 5.74) is 2.07. The van der Waals surface area contributed by atoms with Crippen molar-refractivity contribution < 1.29 is 13.9 Å². The van der Waals surface area contributed by atoms with Crippen LogP contribution in [0.25, 0.3) is 0 Å². The summed E-state index contributed by atoms with van der Waals surface area (Å²) in [4.78, 5) is 11.9. The zero-order chi connectivity index (χ0) is 16.2. The highest BCUT2D eigenvalue weighted by Gasteiger charge is 2.17. The van der Waals surface area contributed by atoms with E-state index in [2.05, 4.69) is 5.32 Å². The number of anilines is 1. The first-order valence-corrected chi connectivity index (χ1v) is 7.16. The SMILES string of the molecule is CC(C)(C)OC(=O)Nc1ccccc1Cc1ccc(F)cc1. The Morgan fingerprint density at radius 2 is 1.73 bits per heavy atom. The Balaban J connectivity index is 2.13. The molecule has 2 rings (SSSR count). The Bertz CT molecular complexity index is 645. The van der Waals surface area contributed by atoms with Crippen LogP contribution in [0.5, 0.6) is 0 Å². The van der Waals surface area contributed by atoms with Crippen LogP contribution in [0.3, 0.4) is 0 Å². The van der Waals surface area contributed by atoms with E-state index in [1.807, 2.05) is 45.0 Å². The van der Waals surface area contributed by atoms with Gasteiger partial charge in [0.05, 0.1) is 0 Å². The average Bonchev–Trinajstić information content (AvgIpc) is 2.41. The van der Waals surface area contributed by atoms with Crippen molar-refractivity contribution in [3.63, 3.8) is 0 Å². The lowest BCUT2D eigenvalue weighted by Crippen LogP contribution is -2.27. The Morgan fingerprint density at radius 3 is 2.36 bits per heavy atom. The van der Waals surface area contributed by atoms with Gasteiger partial charge in [0, 0.05) is 5.69 Å². The predicted molar refractivity (Wildman–Crippen MR) is 85.5 cm³/mol. The third kappa shape index (κ3) is 4.88. The Morgan fingerprint density at radius 1 is 1.09 bits per heavy atom. The highest BCUT2D eigenvalue weighted by Crippen LogP contribution is 2.20. The molecular formula is C18H20FNO2. The first kappa shape index (κ1) is 16.0. The van der Waals surface area contributed by atoms with Crippen molar-refractivity contribution in [3.05, 3.63) is 65.5 Å². The minimum absolute atomic E-state index is 0.260. The van der Waals surface area contributed by atoms with Crippen LogP contribution in [-0.4, -0.2) is 11.7 Å². The number of halogens is 1. The molecule has 0 atom stereocenters. The first-order chi connectivity index (χ1) is 10.3. The summed E-state index contributed by atoms with van der Waals surface area (Å²) in [5.74, 6) is -0.260. The van der Waals surface area contributed by atoms with E-state index in [0.717, 1.165) is 11.1 Å². The van der Waals surface area contributed by atoms with Gasteiger partial charge in [-0.1, -0.05) is 30.3 Å². The summed E-state index contributed by atoms with van der Waals surface area (Å²) in [6.07, 6.45) is 0.116. The molecule has 3 nitrogen and oxygen atoms in total. The number of para-hydroxylation sites is 1. The summed E-state index contributed by atoms with van der Waals surface area (Å²) in [6.45, 7) is 5.45. The summed E-state index contributed by atoms with van der Waals surface area (Å²) >= 11 is 0. The maximum absolute atomic E-state index is 13.0. The minimum Gasteiger partial charge on any atom is -0.444 e. The van der Waals surface area contributed by atoms with Gasteiger partial charge >= 0.3 is 6.09 Å². The zero-order valence-corrected chi connectivity index (χ0v) is 13.0. The van der Waals surface area contributed by atoms with E-state index in [1.54, 1.807) is 12.1 Å². The topological polar surface area (TPSA) is 38.3 Å². The second-order valence-electron chi connectivity index (χ2n) is 6.09. The Labute approximate surface area is 130 Å². The lowest BCUT2D eigenvalue weighted by Gasteiger charge is -2.20. The van der Waals surface area contributed by atoms with Crippen LogP contribution in [0, 0.1) is 5.82 Å². The third-order valence-corrected chi connectivity index (χ3v) is 2.96. The minimum atomic E-state index is -0.546. The molecule has 0 radical (unpaired) electrons. The number of hydrogen-bond acceptors (Lipinski definition) is 2. The standard InChI is InChI=1S/C18H20FNO2/c1-18(2,3)22-17(21)20-16-7-5-4-6-14(16)12-13-8-10-15(19)11-9-13/h4-11H,12H2,1-3H3,(H,20,21). The van der Waals surface area contributed by atoms with Crippen molar-refractivity contribution >= 4 is 11.8 Å². The average molecular weight is 301 g/mol. The maximum Gasteiger partial charge on any atom is 0.412 e. The van der Waals surface area contributed by atoms with Crippen LogP contribution in [0.15, 0.2) is 48.5 Å². The predicted octanol–water partition coefficient (Wildman–Crippen LogP) is 4.76. The number of rotatable bonds is 3.